The third-order valence-electron chi connectivity index (χ3n) is 4.53. The van der Waals surface area contributed by atoms with E-state index >= 15 is 0 Å². The van der Waals surface area contributed by atoms with Crippen LogP contribution in [0.5, 0.6) is 0 Å². The molecule has 28 heavy (non-hydrogen) atoms. The van der Waals surface area contributed by atoms with E-state index in [0.29, 0.717) is 5.57 Å². The van der Waals surface area contributed by atoms with Gasteiger partial charge in [-0.25, -0.2) is 0 Å². The molecule has 0 amide bonds. The van der Waals surface area contributed by atoms with Gasteiger partial charge in [-0.05, 0) is 28.9 Å². The quantitative estimate of drug-likeness (QED) is 0.611. The topological polar surface area (TPSA) is 69.9 Å². The fraction of sp³-hybridized carbons (Fsp3) is 0.0435. The number of ether oxygens (including phenoxy) is 1. The summed E-state index contributed by atoms with van der Waals surface area (Å²) in [5, 5.41) is 31.0. The maximum absolute atomic E-state index is 10.5. The average Bonchev–Trinajstić information content (AvgIpc) is 2.96. The molecular formula is C23H18O4S. The fourth-order valence-electron chi connectivity index (χ4n) is 3.17. The molecule has 140 valence electrons. The fourth-order valence-corrected chi connectivity index (χ4v) is 4.28. The van der Waals surface area contributed by atoms with Crippen molar-refractivity contribution in [3.63, 3.8) is 0 Å². The second kappa shape index (κ2) is 7.37. The van der Waals surface area contributed by atoms with Crippen LogP contribution in [0.1, 0.15) is 11.1 Å². The molecule has 2 aliphatic rings. The molecule has 1 aliphatic carbocycles. The van der Waals surface area contributed by atoms with E-state index in [9.17, 15) is 15.3 Å². The number of hydrogen-bond acceptors (Lipinski definition) is 5. The molecule has 2 aromatic carbocycles. The highest BCUT2D eigenvalue weighted by molar-refractivity contribution is 8.16. The molecule has 2 aromatic rings. The molecule has 5 heteroatoms. The normalized spacial score (nSPS) is 17.0. The molecule has 0 saturated heterocycles. The summed E-state index contributed by atoms with van der Waals surface area (Å²) in [7, 11) is 1.33. The van der Waals surface area contributed by atoms with Crippen LogP contribution in [-0.2, 0) is 4.74 Å². The zero-order valence-electron chi connectivity index (χ0n) is 15.1. The first-order valence-corrected chi connectivity index (χ1v) is 9.48. The summed E-state index contributed by atoms with van der Waals surface area (Å²) >= 11 is 1.61. The second-order valence-electron chi connectivity index (χ2n) is 6.26. The van der Waals surface area contributed by atoms with Gasteiger partial charge in [-0.15, -0.1) is 0 Å². The van der Waals surface area contributed by atoms with Gasteiger partial charge in [0.05, 0.1) is 12.7 Å². The molecular weight excluding hydrogens is 372 g/mol. The molecule has 0 spiro atoms. The van der Waals surface area contributed by atoms with E-state index in [-0.39, 0.29) is 17.1 Å². The monoisotopic (exact) mass is 390 g/mol. The van der Waals surface area contributed by atoms with Crippen molar-refractivity contribution in [3.8, 4) is 0 Å². The van der Waals surface area contributed by atoms with E-state index in [1.54, 1.807) is 11.8 Å². The molecule has 0 unspecified atom stereocenters. The zero-order valence-corrected chi connectivity index (χ0v) is 15.9. The van der Waals surface area contributed by atoms with Gasteiger partial charge < -0.3 is 20.1 Å². The Hall–Kier alpha value is -3.31. The largest absolute Gasteiger partial charge is 0.504 e. The highest BCUT2D eigenvalue weighted by atomic mass is 32.2. The van der Waals surface area contributed by atoms with E-state index in [4.69, 9.17) is 4.74 Å². The second-order valence-corrected chi connectivity index (χ2v) is 7.34. The van der Waals surface area contributed by atoms with E-state index in [1.165, 1.54) is 7.11 Å². The van der Waals surface area contributed by atoms with Gasteiger partial charge >= 0.3 is 0 Å². The number of thioether (sulfide) groups is 1. The Morgan fingerprint density at radius 3 is 1.61 bits per heavy atom. The summed E-state index contributed by atoms with van der Waals surface area (Å²) in [5.41, 5.74) is 2.78. The van der Waals surface area contributed by atoms with Gasteiger partial charge in [0, 0.05) is 9.81 Å². The van der Waals surface area contributed by atoms with Crippen molar-refractivity contribution < 1.29 is 20.1 Å². The van der Waals surface area contributed by atoms with Crippen molar-refractivity contribution in [1.82, 2.24) is 0 Å². The SMILES string of the molecule is COC1=C(O)C(=C2C=C(c3ccccc3)SC(c3ccccc3)=C2)C(O)=C1O. The zero-order chi connectivity index (χ0) is 19.7. The van der Waals surface area contributed by atoms with Crippen molar-refractivity contribution in [2.45, 2.75) is 0 Å². The van der Waals surface area contributed by atoms with Gasteiger partial charge in [0.15, 0.2) is 11.5 Å². The Bertz CT molecular complexity index is 1020. The first kappa shape index (κ1) is 18.1. The summed E-state index contributed by atoms with van der Waals surface area (Å²) in [6, 6.07) is 19.8. The lowest BCUT2D eigenvalue weighted by atomic mass is 10.0. The number of aliphatic hydroxyl groups is 3. The summed E-state index contributed by atoms with van der Waals surface area (Å²) in [6.07, 6.45) is 3.78. The smallest absolute Gasteiger partial charge is 0.207 e. The molecule has 0 radical (unpaired) electrons. The minimum absolute atomic E-state index is 0.137. The van der Waals surface area contributed by atoms with E-state index in [2.05, 4.69) is 0 Å². The molecule has 0 atom stereocenters. The Labute approximate surface area is 167 Å². The van der Waals surface area contributed by atoms with Gasteiger partial charge in [0.1, 0.15) is 0 Å². The van der Waals surface area contributed by atoms with Crippen molar-refractivity contribution >= 4 is 21.6 Å². The lowest BCUT2D eigenvalue weighted by Crippen LogP contribution is -1.98. The van der Waals surface area contributed by atoms with Crippen molar-refractivity contribution in [2.75, 3.05) is 7.11 Å². The average molecular weight is 390 g/mol. The van der Waals surface area contributed by atoms with E-state index < -0.39 is 11.5 Å². The van der Waals surface area contributed by atoms with Crippen LogP contribution < -0.4 is 0 Å². The summed E-state index contributed by atoms with van der Waals surface area (Å²) < 4.78 is 5.03. The first-order valence-electron chi connectivity index (χ1n) is 8.67. The lowest BCUT2D eigenvalue weighted by molar-refractivity contribution is 0.231. The lowest BCUT2D eigenvalue weighted by Gasteiger charge is -2.18. The summed E-state index contributed by atoms with van der Waals surface area (Å²) in [4.78, 5) is 1.94. The predicted octanol–water partition coefficient (Wildman–Crippen LogP) is 5.87. The molecule has 3 N–H and O–H groups in total. The Balaban J connectivity index is 1.93. The third kappa shape index (κ3) is 3.10. The van der Waals surface area contributed by atoms with Gasteiger partial charge in [-0.2, -0.15) is 0 Å². The van der Waals surface area contributed by atoms with E-state index in [0.717, 1.165) is 20.9 Å². The molecule has 0 saturated carbocycles. The molecule has 0 aromatic heterocycles. The highest BCUT2D eigenvalue weighted by Gasteiger charge is 2.33. The van der Waals surface area contributed by atoms with Gasteiger partial charge in [-0.3, -0.25) is 0 Å². The van der Waals surface area contributed by atoms with Crippen LogP contribution in [0, 0.1) is 0 Å². The molecule has 1 aliphatic heterocycles. The van der Waals surface area contributed by atoms with Crippen LogP contribution in [-0.4, -0.2) is 22.4 Å². The van der Waals surface area contributed by atoms with Gasteiger partial charge in [-0.1, -0.05) is 72.4 Å². The molecule has 0 fully saturated rings. The van der Waals surface area contributed by atoms with Crippen LogP contribution in [0.15, 0.2) is 107 Å². The number of aliphatic hydroxyl groups excluding tert-OH is 3. The number of allylic oxidation sites excluding steroid dienone is 3. The molecule has 0 bridgehead atoms. The summed E-state index contributed by atoms with van der Waals surface area (Å²) in [6.45, 7) is 0. The first-order chi connectivity index (χ1) is 13.6. The van der Waals surface area contributed by atoms with Crippen LogP contribution in [0.25, 0.3) is 9.81 Å². The number of benzene rings is 2. The number of methoxy groups -OCH3 is 1. The van der Waals surface area contributed by atoms with Crippen LogP contribution in [0.3, 0.4) is 0 Å². The maximum atomic E-state index is 10.5. The van der Waals surface area contributed by atoms with Gasteiger partial charge in [0.25, 0.3) is 0 Å². The number of hydrogen-bond donors (Lipinski definition) is 3. The minimum atomic E-state index is -0.468. The van der Waals surface area contributed by atoms with Crippen molar-refractivity contribution in [1.29, 1.82) is 0 Å². The Morgan fingerprint density at radius 1 is 0.679 bits per heavy atom. The number of rotatable bonds is 3. The Morgan fingerprint density at radius 2 is 1.18 bits per heavy atom. The predicted molar refractivity (Wildman–Crippen MR) is 112 cm³/mol. The van der Waals surface area contributed by atoms with Crippen molar-refractivity contribution in [2.24, 2.45) is 0 Å². The third-order valence-corrected chi connectivity index (χ3v) is 5.68. The summed E-state index contributed by atoms with van der Waals surface area (Å²) in [5.74, 6) is -1.29. The minimum Gasteiger partial charge on any atom is -0.504 e. The van der Waals surface area contributed by atoms with Crippen LogP contribution in [0.2, 0.25) is 0 Å². The maximum Gasteiger partial charge on any atom is 0.207 e. The molecule has 1 heterocycles. The van der Waals surface area contributed by atoms with E-state index in [1.807, 2.05) is 72.8 Å². The molecule has 4 rings (SSSR count). The van der Waals surface area contributed by atoms with Crippen LogP contribution >= 0.6 is 11.8 Å². The van der Waals surface area contributed by atoms with Crippen LogP contribution in [0.4, 0.5) is 0 Å². The molecule has 4 nitrogen and oxygen atoms in total. The standard InChI is InChI=1S/C23H18O4S/c1-27-23-21(25)19(20(24)22(23)26)16-12-17(14-8-4-2-5-9-14)28-18(13-16)15-10-6-3-7-11-15/h2-13,24-26H,1H3. The Kier molecular flexibility index (Phi) is 4.75. The van der Waals surface area contributed by atoms with Crippen molar-refractivity contribution in [3.05, 3.63) is 118 Å². The van der Waals surface area contributed by atoms with Gasteiger partial charge in [0.2, 0.25) is 11.5 Å². The highest BCUT2D eigenvalue weighted by Crippen LogP contribution is 2.46.